The van der Waals surface area contributed by atoms with Crippen molar-refractivity contribution in [3.05, 3.63) is 64.0 Å². The summed E-state index contributed by atoms with van der Waals surface area (Å²) in [5.41, 5.74) is 0.186. The van der Waals surface area contributed by atoms with Crippen molar-refractivity contribution < 1.29 is 32.4 Å². The number of nitrogens with zero attached hydrogens (tertiary/aromatic N) is 2. The number of carbonyl (C=O) groups is 1. The lowest BCUT2D eigenvalue weighted by Gasteiger charge is -2.18. The van der Waals surface area contributed by atoms with Gasteiger partial charge in [0.2, 0.25) is 5.75 Å². The van der Waals surface area contributed by atoms with E-state index in [-0.39, 0.29) is 18.0 Å². The molecule has 7 nitrogen and oxygen atoms in total. The second-order valence-electron chi connectivity index (χ2n) is 5.43. The monoisotopic (exact) mass is 384 g/mol. The fraction of sp³-hybridized carbons (Fsp3) is 0.235. The Hall–Kier alpha value is -3.30. The van der Waals surface area contributed by atoms with Crippen LogP contribution < -0.4 is 9.47 Å². The van der Waals surface area contributed by atoms with Gasteiger partial charge in [-0.15, -0.1) is 0 Å². The average Bonchev–Trinajstić information content (AvgIpc) is 2.60. The first kappa shape index (κ1) is 20.0. The summed E-state index contributed by atoms with van der Waals surface area (Å²) in [7, 11) is 1.47. The third-order valence-corrected chi connectivity index (χ3v) is 3.46. The summed E-state index contributed by atoms with van der Waals surface area (Å²) in [4.78, 5) is 23.5. The van der Waals surface area contributed by atoms with Crippen molar-refractivity contribution in [2.75, 3.05) is 13.7 Å². The molecule has 2 aromatic carbocycles. The smallest absolute Gasteiger partial charge is 0.387 e. The number of alkyl halides is 2. The van der Waals surface area contributed by atoms with Gasteiger partial charge in [0.15, 0.2) is 6.61 Å². The minimum absolute atomic E-state index is 0.00974. The van der Waals surface area contributed by atoms with E-state index in [1.165, 1.54) is 36.2 Å². The summed E-state index contributed by atoms with van der Waals surface area (Å²) in [6.45, 7) is -3.32. The zero-order chi connectivity index (χ0) is 20.0. The van der Waals surface area contributed by atoms with E-state index in [2.05, 4.69) is 4.74 Å². The number of hydrogen-bond acceptors (Lipinski definition) is 5. The zero-order valence-electron chi connectivity index (χ0n) is 14.1. The highest BCUT2D eigenvalue weighted by molar-refractivity contribution is 5.77. The lowest BCUT2D eigenvalue weighted by Crippen LogP contribution is -2.31. The van der Waals surface area contributed by atoms with E-state index in [1.807, 2.05) is 0 Å². The molecular formula is C17H15F3N2O5. The van der Waals surface area contributed by atoms with Gasteiger partial charge in [-0.05, 0) is 23.8 Å². The Morgan fingerprint density at radius 3 is 2.48 bits per heavy atom. The van der Waals surface area contributed by atoms with Crippen LogP contribution in [0.2, 0.25) is 0 Å². The van der Waals surface area contributed by atoms with E-state index >= 15 is 0 Å². The van der Waals surface area contributed by atoms with Crippen LogP contribution in [0.3, 0.4) is 0 Å². The maximum Gasteiger partial charge on any atom is 0.387 e. The predicted molar refractivity (Wildman–Crippen MR) is 88.1 cm³/mol. The van der Waals surface area contributed by atoms with Crippen LogP contribution in [0, 0.1) is 15.9 Å². The summed E-state index contributed by atoms with van der Waals surface area (Å²) in [6, 6.07) is 8.40. The molecule has 0 radical (unpaired) electrons. The Morgan fingerprint density at radius 2 is 1.89 bits per heavy atom. The summed E-state index contributed by atoms with van der Waals surface area (Å²) in [6.07, 6.45) is 0. The van der Waals surface area contributed by atoms with E-state index in [1.54, 1.807) is 0 Å². The van der Waals surface area contributed by atoms with Crippen molar-refractivity contribution >= 4 is 11.6 Å². The Balaban J connectivity index is 1.94. The van der Waals surface area contributed by atoms with E-state index in [0.29, 0.717) is 5.56 Å². The number of amides is 1. The molecule has 0 saturated heterocycles. The zero-order valence-corrected chi connectivity index (χ0v) is 14.1. The summed E-state index contributed by atoms with van der Waals surface area (Å²) in [5, 5.41) is 10.9. The fourth-order valence-electron chi connectivity index (χ4n) is 2.14. The van der Waals surface area contributed by atoms with Crippen molar-refractivity contribution in [1.82, 2.24) is 4.90 Å². The van der Waals surface area contributed by atoms with Crippen molar-refractivity contribution in [3.8, 4) is 11.5 Å². The standard InChI is InChI=1S/C17H15F3N2O5/c1-21(9-11-2-5-13(6-3-11)27-17(19)20)16(23)10-26-15-8-12(18)4-7-14(15)22(24)25/h2-8,17H,9-10H2,1H3. The van der Waals surface area contributed by atoms with E-state index in [9.17, 15) is 28.1 Å². The molecule has 1 amide bonds. The molecule has 0 aliphatic heterocycles. The molecule has 144 valence electrons. The molecule has 0 heterocycles. The minimum Gasteiger partial charge on any atom is -0.477 e. The molecule has 0 saturated carbocycles. The Morgan fingerprint density at radius 1 is 1.22 bits per heavy atom. The number of likely N-dealkylation sites (N-methyl/N-ethyl adjacent to an activating group) is 1. The molecule has 27 heavy (non-hydrogen) atoms. The predicted octanol–water partition coefficient (Wildman–Crippen LogP) is 3.37. The molecular weight excluding hydrogens is 369 g/mol. The van der Waals surface area contributed by atoms with Gasteiger partial charge in [-0.1, -0.05) is 12.1 Å². The first-order valence-electron chi connectivity index (χ1n) is 7.60. The lowest BCUT2D eigenvalue weighted by molar-refractivity contribution is -0.385. The van der Waals surface area contributed by atoms with Crippen LogP contribution in [-0.4, -0.2) is 36.0 Å². The van der Waals surface area contributed by atoms with Crippen molar-refractivity contribution in [2.45, 2.75) is 13.2 Å². The third-order valence-electron chi connectivity index (χ3n) is 3.46. The number of carbonyl (C=O) groups excluding carboxylic acids is 1. The maximum atomic E-state index is 13.2. The number of halogens is 3. The molecule has 0 bridgehead atoms. The van der Waals surface area contributed by atoms with Gasteiger partial charge in [0.1, 0.15) is 11.6 Å². The lowest BCUT2D eigenvalue weighted by atomic mass is 10.2. The van der Waals surface area contributed by atoms with Crippen LogP contribution in [0.25, 0.3) is 0 Å². The number of nitro benzene ring substituents is 1. The molecule has 0 fully saturated rings. The van der Waals surface area contributed by atoms with Crippen LogP contribution in [0.5, 0.6) is 11.5 Å². The van der Waals surface area contributed by atoms with Crippen molar-refractivity contribution in [3.63, 3.8) is 0 Å². The van der Waals surface area contributed by atoms with Gasteiger partial charge < -0.3 is 14.4 Å². The van der Waals surface area contributed by atoms with Crippen LogP contribution in [0.15, 0.2) is 42.5 Å². The van der Waals surface area contributed by atoms with Crippen molar-refractivity contribution in [1.29, 1.82) is 0 Å². The highest BCUT2D eigenvalue weighted by Crippen LogP contribution is 2.27. The van der Waals surface area contributed by atoms with Crippen molar-refractivity contribution in [2.24, 2.45) is 0 Å². The van der Waals surface area contributed by atoms with Crippen LogP contribution in [0.1, 0.15) is 5.56 Å². The Kier molecular flexibility index (Phi) is 6.58. The van der Waals surface area contributed by atoms with E-state index < -0.39 is 35.6 Å². The molecule has 0 aromatic heterocycles. The molecule has 0 spiro atoms. The molecule has 0 unspecified atom stereocenters. The summed E-state index contributed by atoms with van der Waals surface area (Å²) < 4.78 is 46.8. The van der Waals surface area contributed by atoms with Gasteiger partial charge in [0, 0.05) is 25.7 Å². The fourth-order valence-corrected chi connectivity index (χ4v) is 2.14. The highest BCUT2D eigenvalue weighted by Gasteiger charge is 2.18. The van der Waals surface area contributed by atoms with Gasteiger partial charge in [0.05, 0.1) is 4.92 Å². The molecule has 0 N–H and O–H groups in total. The molecule has 0 aliphatic carbocycles. The molecule has 0 aliphatic rings. The quantitative estimate of drug-likeness (QED) is 0.515. The number of nitro groups is 1. The Labute approximate surface area is 152 Å². The van der Waals surface area contributed by atoms with E-state index in [4.69, 9.17) is 4.74 Å². The van der Waals surface area contributed by atoms with Gasteiger partial charge in [-0.2, -0.15) is 8.78 Å². The molecule has 0 atom stereocenters. The number of benzene rings is 2. The van der Waals surface area contributed by atoms with Gasteiger partial charge >= 0.3 is 12.3 Å². The largest absolute Gasteiger partial charge is 0.477 e. The van der Waals surface area contributed by atoms with Crippen LogP contribution >= 0.6 is 0 Å². The van der Waals surface area contributed by atoms with Crippen LogP contribution in [-0.2, 0) is 11.3 Å². The number of rotatable bonds is 8. The van der Waals surface area contributed by atoms with E-state index in [0.717, 1.165) is 18.2 Å². The topological polar surface area (TPSA) is 81.9 Å². The molecule has 2 rings (SSSR count). The third kappa shape index (κ3) is 5.87. The summed E-state index contributed by atoms with van der Waals surface area (Å²) >= 11 is 0. The first-order chi connectivity index (χ1) is 12.8. The Bertz CT molecular complexity index is 815. The van der Waals surface area contributed by atoms with Crippen LogP contribution in [0.4, 0.5) is 18.9 Å². The average molecular weight is 384 g/mol. The molecule has 2 aromatic rings. The second-order valence-corrected chi connectivity index (χ2v) is 5.43. The first-order valence-corrected chi connectivity index (χ1v) is 7.60. The maximum absolute atomic E-state index is 13.2. The number of ether oxygens (including phenoxy) is 2. The summed E-state index contributed by atoms with van der Waals surface area (Å²) in [5.74, 6) is -1.61. The molecule has 10 heteroatoms. The minimum atomic E-state index is -2.93. The van der Waals surface area contributed by atoms with Gasteiger partial charge in [-0.3, -0.25) is 14.9 Å². The normalized spacial score (nSPS) is 10.6. The highest BCUT2D eigenvalue weighted by atomic mass is 19.3. The van der Waals surface area contributed by atoms with Gasteiger partial charge in [0.25, 0.3) is 5.91 Å². The SMILES string of the molecule is CN(Cc1ccc(OC(F)F)cc1)C(=O)COc1cc(F)ccc1[N+](=O)[O-]. The second kappa shape index (κ2) is 8.88. The number of hydrogen-bond donors (Lipinski definition) is 0. The van der Waals surface area contributed by atoms with Gasteiger partial charge in [-0.25, -0.2) is 4.39 Å².